The van der Waals surface area contributed by atoms with Gasteiger partial charge in [-0.25, -0.2) is 0 Å². The normalized spacial score (nSPS) is 28.7. The van der Waals surface area contributed by atoms with Crippen LogP contribution in [0.15, 0.2) is 24.3 Å². The summed E-state index contributed by atoms with van der Waals surface area (Å²) in [6.07, 6.45) is 13.0. The van der Waals surface area contributed by atoms with Gasteiger partial charge in [-0.05, 0) is 43.4 Å². The van der Waals surface area contributed by atoms with E-state index in [0.717, 1.165) is 19.3 Å². The van der Waals surface area contributed by atoms with Crippen LogP contribution in [0.3, 0.4) is 0 Å². The molecule has 0 radical (unpaired) electrons. The fourth-order valence-corrected chi connectivity index (χ4v) is 3.53. The van der Waals surface area contributed by atoms with Crippen molar-refractivity contribution in [3.05, 3.63) is 29.8 Å². The Balaban J connectivity index is 1.15. The first-order chi connectivity index (χ1) is 11.3. The highest BCUT2D eigenvalue weighted by atomic mass is 16.6. The molecule has 0 aliphatic carbocycles. The Morgan fingerprint density at radius 2 is 1.65 bits per heavy atom. The molecule has 2 saturated heterocycles. The summed E-state index contributed by atoms with van der Waals surface area (Å²) in [6.45, 7) is 2.19. The van der Waals surface area contributed by atoms with Crippen molar-refractivity contribution in [3.63, 3.8) is 0 Å². The van der Waals surface area contributed by atoms with E-state index in [9.17, 15) is 5.11 Å². The summed E-state index contributed by atoms with van der Waals surface area (Å²) in [5.74, 6) is 0.378. The van der Waals surface area contributed by atoms with E-state index >= 15 is 0 Å². The minimum Gasteiger partial charge on any atom is -0.508 e. The Morgan fingerprint density at radius 1 is 0.913 bits per heavy atom. The minimum atomic E-state index is 0.378. The summed E-state index contributed by atoms with van der Waals surface area (Å²) < 4.78 is 11.3. The van der Waals surface area contributed by atoms with Crippen LogP contribution in [-0.4, -0.2) is 29.5 Å². The van der Waals surface area contributed by atoms with E-state index in [1.54, 1.807) is 6.07 Å². The second-order valence-electron chi connectivity index (χ2n) is 7.05. The molecule has 1 aromatic rings. The average Bonchev–Trinajstić information content (AvgIpc) is 3.45. The summed E-state index contributed by atoms with van der Waals surface area (Å²) in [5.41, 5.74) is 1.24. The maximum Gasteiger partial charge on any atom is 0.115 e. The Bertz CT molecular complexity index is 488. The number of epoxide rings is 2. The number of aryl methyl sites for hydroxylation is 1. The highest BCUT2D eigenvalue weighted by Crippen LogP contribution is 2.38. The standard InChI is InChI=1S/C20H30O3/c1-2-17-19(22-17)14-20-18(23-20)12-7-5-3-4-6-9-15-10-8-11-16(21)13-15/h8,10-11,13,17-21H,2-7,9,12,14H2,1H3. The molecule has 4 unspecified atom stereocenters. The highest BCUT2D eigenvalue weighted by molar-refractivity contribution is 5.27. The van der Waals surface area contributed by atoms with E-state index in [2.05, 4.69) is 13.0 Å². The highest BCUT2D eigenvalue weighted by Gasteiger charge is 2.46. The van der Waals surface area contributed by atoms with Gasteiger partial charge in [0.05, 0.1) is 24.4 Å². The van der Waals surface area contributed by atoms with Crippen LogP contribution in [0.1, 0.15) is 63.9 Å². The minimum absolute atomic E-state index is 0.378. The SMILES string of the molecule is CCC1OC1CC1OC1CCCCCCCc1cccc(O)c1. The number of benzene rings is 1. The van der Waals surface area contributed by atoms with Crippen molar-refractivity contribution in [3.8, 4) is 5.75 Å². The summed E-state index contributed by atoms with van der Waals surface area (Å²) in [5, 5.41) is 9.43. The van der Waals surface area contributed by atoms with Crippen molar-refractivity contribution in [2.75, 3.05) is 0 Å². The van der Waals surface area contributed by atoms with Crippen molar-refractivity contribution in [2.24, 2.45) is 0 Å². The van der Waals surface area contributed by atoms with E-state index in [-0.39, 0.29) is 0 Å². The molecule has 0 amide bonds. The van der Waals surface area contributed by atoms with Gasteiger partial charge in [0.15, 0.2) is 0 Å². The van der Waals surface area contributed by atoms with Crippen LogP contribution in [0.4, 0.5) is 0 Å². The van der Waals surface area contributed by atoms with Crippen LogP contribution in [0.25, 0.3) is 0 Å². The van der Waals surface area contributed by atoms with Crippen LogP contribution in [0.2, 0.25) is 0 Å². The number of hydrogen-bond donors (Lipinski definition) is 1. The molecule has 0 spiro atoms. The molecule has 2 aliphatic rings. The second-order valence-corrected chi connectivity index (χ2v) is 7.05. The zero-order chi connectivity index (χ0) is 16.1. The third-order valence-electron chi connectivity index (χ3n) is 5.11. The first kappa shape index (κ1) is 16.8. The lowest BCUT2D eigenvalue weighted by molar-refractivity contribution is 0.320. The molecule has 0 saturated carbocycles. The number of aromatic hydroxyl groups is 1. The van der Waals surface area contributed by atoms with Gasteiger partial charge in [0.25, 0.3) is 0 Å². The molecule has 2 aliphatic heterocycles. The van der Waals surface area contributed by atoms with Crippen molar-refractivity contribution in [2.45, 2.75) is 89.1 Å². The van der Waals surface area contributed by atoms with Crippen molar-refractivity contribution < 1.29 is 14.6 Å². The summed E-state index contributed by atoms with van der Waals surface area (Å²) in [7, 11) is 0. The molecule has 4 atom stereocenters. The van der Waals surface area contributed by atoms with Crippen LogP contribution >= 0.6 is 0 Å². The summed E-state index contributed by atoms with van der Waals surface area (Å²) in [4.78, 5) is 0. The topological polar surface area (TPSA) is 45.3 Å². The maximum absolute atomic E-state index is 9.43. The number of phenols is 1. The average molecular weight is 318 g/mol. The zero-order valence-electron chi connectivity index (χ0n) is 14.2. The van der Waals surface area contributed by atoms with Crippen LogP contribution < -0.4 is 0 Å². The van der Waals surface area contributed by atoms with E-state index in [4.69, 9.17) is 9.47 Å². The zero-order valence-corrected chi connectivity index (χ0v) is 14.2. The van der Waals surface area contributed by atoms with Gasteiger partial charge >= 0.3 is 0 Å². The van der Waals surface area contributed by atoms with Crippen LogP contribution in [0.5, 0.6) is 5.75 Å². The predicted molar refractivity (Wildman–Crippen MR) is 91.7 cm³/mol. The van der Waals surface area contributed by atoms with Gasteiger partial charge in [-0.2, -0.15) is 0 Å². The van der Waals surface area contributed by atoms with Gasteiger partial charge < -0.3 is 14.6 Å². The smallest absolute Gasteiger partial charge is 0.115 e. The van der Waals surface area contributed by atoms with Crippen molar-refractivity contribution >= 4 is 0 Å². The molecular formula is C20H30O3. The molecule has 0 bridgehead atoms. The fraction of sp³-hybridized carbons (Fsp3) is 0.700. The first-order valence-corrected chi connectivity index (χ1v) is 9.35. The molecule has 0 aromatic heterocycles. The number of hydrogen-bond acceptors (Lipinski definition) is 3. The predicted octanol–water partition coefficient (Wildman–Crippen LogP) is 4.61. The molecule has 1 N–H and O–H groups in total. The third-order valence-corrected chi connectivity index (χ3v) is 5.11. The van der Waals surface area contributed by atoms with Crippen molar-refractivity contribution in [1.82, 2.24) is 0 Å². The van der Waals surface area contributed by atoms with E-state index in [0.29, 0.717) is 30.2 Å². The monoisotopic (exact) mass is 318 g/mol. The molecule has 128 valence electrons. The number of phenolic OH excluding ortho intramolecular Hbond substituents is 1. The van der Waals surface area contributed by atoms with Gasteiger partial charge in [0.2, 0.25) is 0 Å². The van der Waals surface area contributed by atoms with Gasteiger partial charge in [-0.3, -0.25) is 0 Å². The van der Waals surface area contributed by atoms with Crippen molar-refractivity contribution in [1.29, 1.82) is 0 Å². The Labute approximate surface area is 140 Å². The Kier molecular flexibility index (Phi) is 5.96. The summed E-state index contributed by atoms with van der Waals surface area (Å²) >= 11 is 0. The molecule has 23 heavy (non-hydrogen) atoms. The molecule has 2 heterocycles. The lowest BCUT2D eigenvalue weighted by atomic mass is 10.0. The number of ether oxygens (including phenoxy) is 2. The molecule has 1 aromatic carbocycles. The fourth-order valence-electron chi connectivity index (χ4n) is 3.53. The van der Waals surface area contributed by atoms with Gasteiger partial charge in [0.1, 0.15) is 5.75 Å². The van der Waals surface area contributed by atoms with Crippen LogP contribution in [0, 0.1) is 0 Å². The lowest BCUT2D eigenvalue weighted by Gasteiger charge is -2.03. The first-order valence-electron chi connectivity index (χ1n) is 9.35. The van der Waals surface area contributed by atoms with Gasteiger partial charge in [-0.1, -0.05) is 44.7 Å². The molecule has 3 nitrogen and oxygen atoms in total. The van der Waals surface area contributed by atoms with Crippen LogP contribution in [-0.2, 0) is 15.9 Å². The quantitative estimate of drug-likeness (QED) is 0.479. The summed E-state index contributed by atoms with van der Waals surface area (Å²) in [6, 6.07) is 7.62. The second kappa shape index (κ2) is 8.16. The molecule has 3 heteroatoms. The van der Waals surface area contributed by atoms with E-state index in [1.807, 2.05) is 12.1 Å². The largest absolute Gasteiger partial charge is 0.508 e. The lowest BCUT2D eigenvalue weighted by Crippen LogP contribution is -2.01. The molecule has 2 fully saturated rings. The molecular weight excluding hydrogens is 288 g/mol. The number of unbranched alkanes of at least 4 members (excludes halogenated alkanes) is 4. The Hall–Kier alpha value is -1.06. The molecule has 3 rings (SSSR count). The van der Waals surface area contributed by atoms with E-state index in [1.165, 1.54) is 44.1 Å². The van der Waals surface area contributed by atoms with Gasteiger partial charge in [0, 0.05) is 6.42 Å². The third kappa shape index (κ3) is 5.50. The maximum atomic E-state index is 9.43. The van der Waals surface area contributed by atoms with E-state index < -0.39 is 0 Å². The van der Waals surface area contributed by atoms with Gasteiger partial charge in [-0.15, -0.1) is 0 Å². The Morgan fingerprint density at radius 3 is 2.43 bits per heavy atom. The number of rotatable bonds is 11.